The van der Waals surface area contributed by atoms with Crippen LogP contribution in [-0.2, 0) is 6.42 Å². The van der Waals surface area contributed by atoms with Crippen molar-refractivity contribution in [1.82, 2.24) is 9.88 Å². The summed E-state index contributed by atoms with van der Waals surface area (Å²) in [4.78, 5) is 8.92. The molecule has 7 nitrogen and oxygen atoms in total. The summed E-state index contributed by atoms with van der Waals surface area (Å²) in [5.74, 6) is 0.381. The first-order valence-corrected chi connectivity index (χ1v) is 9.99. The third-order valence-corrected chi connectivity index (χ3v) is 6.35. The Bertz CT molecular complexity index is 558. The predicted molar refractivity (Wildman–Crippen MR) is 96.9 cm³/mol. The van der Waals surface area contributed by atoms with Crippen molar-refractivity contribution >= 4 is 16.5 Å². The Kier molecular flexibility index (Phi) is 6.30. The van der Waals surface area contributed by atoms with Crippen molar-refractivity contribution < 1.29 is 20.4 Å². The smallest absolute Gasteiger partial charge is 0.185 e. The minimum atomic E-state index is -1.20. The van der Waals surface area contributed by atoms with Crippen LogP contribution in [0.4, 0.5) is 5.13 Å². The maximum atomic E-state index is 10.1. The van der Waals surface area contributed by atoms with Crippen molar-refractivity contribution in [2.45, 2.75) is 50.5 Å². The number of hydrogen-bond acceptors (Lipinski definition) is 8. The van der Waals surface area contributed by atoms with Gasteiger partial charge in [-0.3, -0.25) is 4.90 Å². The number of piperidine rings is 2. The number of likely N-dealkylation sites (tertiary alicyclic amines) is 1. The molecule has 0 amide bonds. The Morgan fingerprint density at radius 2 is 2.04 bits per heavy atom. The van der Waals surface area contributed by atoms with Gasteiger partial charge in [0.05, 0.1) is 24.4 Å². The van der Waals surface area contributed by atoms with Gasteiger partial charge in [0, 0.05) is 31.6 Å². The van der Waals surface area contributed by atoms with Crippen molar-refractivity contribution in [3.63, 3.8) is 0 Å². The molecule has 25 heavy (non-hydrogen) atoms. The number of hydrogen-bond donors (Lipinski definition) is 4. The summed E-state index contributed by atoms with van der Waals surface area (Å²) in [6.07, 6.45) is -0.206. The molecule has 0 aliphatic carbocycles. The number of aromatic nitrogens is 1. The van der Waals surface area contributed by atoms with Crippen LogP contribution < -0.4 is 4.90 Å². The molecule has 0 bridgehead atoms. The van der Waals surface area contributed by atoms with E-state index in [-0.39, 0.29) is 13.2 Å². The third kappa shape index (κ3) is 4.15. The summed E-state index contributed by atoms with van der Waals surface area (Å²) < 4.78 is 0. The highest BCUT2D eigenvalue weighted by Gasteiger charge is 2.41. The Morgan fingerprint density at radius 1 is 1.24 bits per heavy atom. The molecule has 1 aromatic rings. The molecule has 2 fully saturated rings. The third-order valence-electron chi connectivity index (χ3n) is 5.40. The minimum absolute atomic E-state index is 0.228. The van der Waals surface area contributed by atoms with Gasteiger partial charge in [-0.1, -0.05) is 6.92 Å². The number of β-amino-alcohol motifs (C(OH)–C–C–N with tert-alkyl or cyclic N) is 1. The van der Waals surface area contributed by atoms with Gasteiger partial charge < -0.3 is 25.3 Å². The Hall–Kier alpha value is -0.770. The van der Waals surface area contributed by atoms with Crippen LogP contribution in [-0.4, -0.2) is 87.4 Å². The van der Waals surface area contributed by atoms with Gasteiger partial charge in [0.25, 0.3) is 0 Å². The van der Waals surface area contributed by atoms with Crippen LogP contribution in [0.3, 0.4) is 0 Å². The number of anilines is 1. The van der Waals surface area contributed by atoms with E-state index in [0.717, 1.165) is 43.2 Å². The normalized spacial score (nSPS) is 34.4. The molecule has 2 aliphatic rings. The molecule has 3 rings (SSSR count). The van der Waals surface area contributed by atoms with Gasteiger partial charge in [-0.05, 0) is 25.2 Å². The molecule has 0 aromatic carbocycles. The lowest BCUT2D eigenvalue weighted by Gasteiger charge is -2.45. The van der Waals surface area contributed by atoms with E-state index in [1.165, 1.54) is 0 Å². The average Bonchev–Trinajstić information content (AvgIpc) is 3.10. The summed E-state index contributed by atoms with van der Waals surface area (Å²) in [6.45, 7) is 4.73. The van der Waals surface area contributed by atoms with Crippen LogP contribution >= 0.6 is 11.3 Å². The summed E-state index contributed by atoms with van der Waals surface area (Å²) >= 11 is 1.68. The largest absolute Gasteiger partial charge is 0.395 e. The summed E-state index contributed by atoms with van der Waals surface area (Å²) in [5, 5.41) is 42.7. The van der Waals surface area contributed by atoms with E-state index < -0.39 is 24.4 Å². The first-order valence-electron chi connectivity index (χ1n) is 9.12. The molecule has 0 saturated carbocycles. The van der Waals surface area contributed by atoms with E-state index in [1.54, 1.807) is 11.3 Å². The Morgan fingerprint density at radius 3 is 2.72 bits per heavy atom. The molecule has 2 saturated heterocycles. The lowest BCUT2D eigenvalue weighted by molar-refractivity contribution is -0.147. The number of aliphatic hydroxyl groups is 4. The van der Waals surface area contributed by atoms with Gasteiger partial charge in [-0.15, -0.1) is 11.3 Å². The van der Waals surface area contributed by atoms with Gasteiger partial charge >= 0.3 is 0 Å². The number of aliphatic hydroxyl groups excluding tert-OH is 4. The van der Waals surface area contributed by atoms with Crippen LogP contribution in [0.25, 0.3) is 0 Å². The number of nitrogens with zero attached hydrogens (tertiary/aromatic N) is 3. The minimum Gasteiger partial charge on any atom is -0.395 e. The molecular formula is C17H29N3O4S. The van der Waals surface area contributed by atoms with E-state index in [1.807, 2.05) is 4.90 Å². The lowest BCUT2D eigenvalue weighted by atomic mass is 9.91. The first kappa shape index (κ1) is 19.0. The van der Waals surface area contributed by atoms with Crippen LogP contribution in [0, 0.1) is 5.92 Å². The molecule has 0 radical (unpaired) electrons. The van der Waals surface area contributed by atoms with Crippen molar-refractivity contribution in [3.05, 3.63) is 11.1 Å². The topological polar surface area (TPSA) is 100 Å². The Labute approximate surface area is 152 Å². The van der Waals surface area contributed by atoms with Crippen LogP contribution in [0.1, 0.15) is 25.5 Å². The fourth-order valence-electron chi connectivity index (χ4n) is 3.91. The molecule has 8 heteroatoms. The number of rotatable bonds is 5. The maximum Gasteiger partial charge on any atom is 0.185 e. The van der Waals surface area contributed by atoms with Gasteiger partial charge in [0.2, 0.25) is 0 Å². The highest BCUT2D eigenvalue weighted by atomic mass is 32.1. The lowest BCUT2D eigenvalue weighted by Crippen LogP contribution is -2.63. The zero-order valence-corrected chi connectivity index (χ0v) is 15.5. The van der Waals surface area contributed by atoms with E-state index in [4.69, 9.17) is 0 Å². The van der Waals surface area contributed by atoms with Crippen molar-refractivity contribution in [1.29, 1.82) is 0 Å². The summed E-state index contributed by atoms with van der Waals surface area (Å²) in [7, 11) is 0. The van der Waals surface area contributed by atoms with Gasteiger partial charge in [0.15, 0.2) is 5.13 Å². The average molecular weight is 372 g/mol. The molecule has 2 aliphatic heterocycles. The molecule has 5 atom stereocenters. The second-order valence-corrected chi connectivity index (χ2v) is 8.02. The standard InChI is InChI=1S/C17H29N3O4S/c1-2-12-10-25-17(18-12)19-5-3-4-11(6-19)7-20-8-14(22)16(24)15(23)13(20)9-21/h10-11,13-16,21-24H,2-9H2,1H3/t11-,13+,14+,15-,16-/m1/s1. The first-order chi connectivity index (χ1) is 12.0. The van der Waals surface area contributed by atoms with E-state index in [0.29, 0.717) is 12.5 Å². The van der Waals surface area contributed by atoms with Crippen LogP contribution in [0.2, 0.25) is 0 Å². The van der Waals surface area contributed by atoms with Gasteiger partial charge in [0.1, 0.15) is 12.2 Å². The van der Waals surface area contributed by atoms with Crippen molar-refractivity contribution in [3.8, 4) is 0 Å². The van der Waals surface area contributed by atoms with E-state index in [2.05, 4.69) is 22.2 Å². The highest BCUT2D eigenvalue weighted by molar-refractivity contribution is 7.13. The van der Waals surface area contributed by atoms with E-state index in [9.17, 15) is 20.4 Å². The SMILES string of the molecule is CCc1csc(N2CCC[C@@H](CN3C[C@H](O)[C@@H](O)[C@H](O)[C@@H]3CO)C2)n1. The molecule has 4 N–H and O–H groups in total. The maximum absolute atomic E-state index is 10.1. The summed E-state index contributed by atoms with van der Waals surface area (Å²) in [6, 6.07) is -0.527. The predicted octanol–water partition coefficient (Wildman–Crippen LogP) is -0.319. The zero-order valence-electron chi connectivity index (χ0n) is 14.7. The molecule has 3 heterocycles. The molecular weight excluding hydrogens is 342 g/mol. The zero-order chi connectivity index (χ0) is 18.0. The van der Waals surface area contributed by atoms with E-state index >= 15 is 0 Å². The van der Waals surface area contributed by atoms with Crippen LogP contribution in [0.15, 0.2) is 5.38 Å². The number of aryl methyl sites for hydroxylation is 1. The molecule has 1 aromatic heterocycles. The monoisotopic (exact) mass is 371 g/mol. The fraction of sp³-hybridized carbons (Fsp3) is 0.824. The summed E-state index contributed by atoms with van der Waals surface area (Å²) in [5.41, 5.74) is 1.12. The number of thiazole rings is 1. The molecule has 0 spiro atoms. The van der Waals surface area contributed by atoms with Crippen molar-refractivity contribution in [2.24, 2.45) is 5.92 Å². The second-order valence-electron chi connectivity index (χ2n) is 7.18. The van der Waals surface area contributed by atoms with Crippen molar-refractivity contribution in [2.75, 3.05) is 37.7 Å². The fourth-order valence-corrected chi connectivity index (χ4v) is 4.86. The van der Waals surface area contributed by atoms with Crippen LogP contribution in [0.5, 0.6) is 0 Å². The van der Waals surface area contributed by atoms with Gasteiger partial charge in [-0.25, -0.2) is 4.98 Å². The molecule has 142 valence electrons. The van der Waals surface area contributed by atoms with Gasteiger partial charge in [-0.2, -0.15) is 0 Å². The quantitative estimate of drug-likeness (QED) is 0.563. The highest BCUT2D eigenvalue weighted by Crippen LogP contribution is 2.28. The molecule has 0 unspecified atom stereocenters. The Balaban J connectivity index is 1.63. The second kappa shape index (κ2) is 8.28.